The Bertz CT molecular complexity index is 274. The molecule has 0 heterocycles. The monoisotopic (exact) mass is 204 g/mol. The molecule has 2 aliphatic rings. The van der Waals surface area contributed by atoms with Crippen molar-refractivity contribution in [3.8, 4) is 0 Å². The molecule has 84 valence electrons. The predicted molar refractivity (Wildman–Crippen MR) is 66.7 cm³/mol. The van der Waals surface area contributed by atoms with Gasteiger partial charge in [0.05, 0.1) is 0 Å². The molecule has 0 amide bonds. The van der Waals surface area contributed by atoms with Crippen molar-refractivity contribution in [3.05, 3.63) is 24.3 Å². The van der Waals surface area contributed by atoms with Crippen molar-refractivity contribution < 1.29 is 0 Å². The van der Waals surface area contributed by atoms with Crippen molar-refractivity contribution in [2.45, 2.75) is 46.0 Å². The molecule has 0 aromatic heterocycles. The first kappa shape index (κ1) is 11.0. The third kappa shape index (κ3) is 2.04. The Kier molecular flexibility index (Phi) is 3.04. The first-order valence-corrected chi connectivity index (χ1v) is 6.42. The first-order valence-electron chi connectivity index (χ1n) is 6.42. The van der Waals surface area contributed by atoms with Crippen LogP contribution in [0.25, 0.3) is 0 Å². The highest BCUT2D eigenvalue weighted by molar-refractivity contribution is 5.12. The van der Waals surface area contributed by atoms with Gasteiger partial charge in [-0.25, -0.2) is 0 Å². The molecule has 0 unspecified atom stereocenters. The summed E-state index contributed by atoms with van der Waals surface area (Å²) in [6.45, 7) is 13.1. The SMILES string of the molecule is C=C(C)[C@H]1CCC(=C)[C@@H]2CC[C@@H](C)[C@@H]2C1. The molecule has 0 aromatic carbocycles. The van der Waals surface area contributed by atoms with E-state index in [1.54, 1.807) is 0 Å². The zero-order valence-electron chi connectivity index (χ0n) is 10.3. The number of hydrogen-bond acceptors (Lipinski definition) is 0. The van der Waals surface area contributed by atoms with E-state index in [1.165, 1.54) is 43.3 Å². The van der Waals surface area contributed by atoms with Gasteiger partial charge in [0.1, 0.15) is 0 Å². The second-order valence-corrected chi connectivity index (χ2v) is 5.80. The average molecular weight is 204 g/mol. The van der Waals surface area contributed by atoms with E-state index >= 15 is 0 Å². The second kappa shape index (κ2) is 4.15. The van der Waals surface area contributed by atoms with Crippen molar-refractivity contribution in [3.63, 3.8) is 0 Å². The summed E-state index contributed by atoms with van der Waals surface area (Å²) in [4.78, 5) is 0. The molecule has 0 aromatic rings. The van der Waals surface area contributed by atoms with Crippen LogP contribution in [0.1, 0.15) is 46.0 Å². The van der Waals surface area contributed by atoms with Crippen molar-refractivity contribution in [1.82, 2.24) is 0 Å². The highest BCUT2D eigenvalue weighted by Crippen LogP contribution is 2.48. The highest BCUT2D eigenvalue weighted by atomic mass is 14.4. The maximum absolute atomic E-state index is 4.32. The van der Waals surface area contributed by atoms with Crippen molar-refractivity contribution in [2.75, 3.05) is 0 Å². The first-order chi connectivity index (χ1) is 7.09. The Balaban J connectivity index is 2.16. The predicted octanol–water partition coefficient (Wildman–Crippen LogP) is 4.58. The van der Waals surface area contributed by atoms with Crippen molar-refractivity contribution >= 4 is 0 Å². The van der Waals surface area contributed by atoms with E-state index in [4.69, 9.17) is 0 Å². The summed E-state index contributed by atoms with van der Waals surface area (Å²) in [7, 11) is 0. The third-order valence-corrected chi connectivity index (χ3v) is 4.77. The van der Waals surface area contributed by atoms with E-state index < -0.39 is 0 Å². The lowest BCUT2D eigenvalue weighted by Gasteiger charge is -2.24. The van der Waals surface area contributed by atoms with Gasteiger partial charge >= 0.3 is 0 Å². The van der Waals surface area contributed by atoms with E-state index in [2.05, 4.69) is 27.0 Å². The van der Waals surface area contributed by atoms with Gasteiger partial charge in [-0.1, -0.05) is 31.2 Å². The molecule has 2 aliphatic carbocycles. The van der Waals surface area contributed by atoms with Crippen LogP contribution in [0.15, 0.2) is 24.3 Å². The molecule has 0 aliphatic heterocycles. The van der Waals surface area contributed by atoms with Crippen LogP contribution in [0.5, 0.6) is 0 Å². The molecule has 0 nitrogen and oxygen atoms in total. The smallest absolute Gasteiger partial charge is 0.0175 e. The second-order valence-electron chi connectivity index (χ2n) is 5.80. The average Bonchev–Trinajstić information content (AvgIpc) is 2.43. The molecule has 15 heavy (non-hydrogen) atoms. The Morgan fingerprint density at radius 2 is 2.00 bits per heavy atom. The van der Waals surface area contributed by atoms with Crippen molar-refractivity contribution in [2.24, 2.45) is 23.7 Å². The molecular formula is C15H24. The van der Waals surface area contributed by atoms with Gasteiger partial charge in [-0.15, -0.1) is 0 Å². The van der Waals surface area contributed by atoms with Gasteiger partial charge < -0.3 is 0 Å². The quantitative estimate of drug-likeness (QED) is 0.548. The lowest BCUT2D eigenvalue weighted by Crippen LogP contribution is -2.15. The summed E-state index contributed by atoms with van der Waals surface area (Å²) in [5.41, 5.74) is 2.93. The van der Waals surface area contributed by atoms with Crippen LogP contribution >= 0.6 is 0 Å². The summed E-state index contributed by atoms with van der Waals surface area (Å²) in [6.07, 6.45) is 6.73. The van der Waals surface area contributed by atoms with Crippen LogP contribution in [0.4, 0.5) is 0 Å². The van der Waals surface area contributed by atoms with E-state index in [0.29, 0.717) is 0 Å². The largest absolute Gasteiger partial charge is 0.0999 e. The molecule has 0 radical (unpaired) electrons. The molecule has 0 spiro atoms. The molecule has 4 atom stereocenters. The van der Waals surface area contributed by atoms with Gasteiger partial charge in [0, 0.05) is 0 Å². The van der Waals surface area contributed by atoms with Crippen molar-refractivity contribution in [1.29, 1.82) is 0 Å². The lowest BCUT2D eigenvalue weighted by molar-refractivity contribution is 0.311. The fourth-order valence-corrected chi connectivity index (χ4v) is 3.61. The zero-order valence-corrected chi connectivity index (χ0v) is 10.3. The van der Waals surface area contributed by atoms with Gasteiger partial charge in [-0.2, -0.15) is 0 Å². The fraction of sp³-hybridized carbons (Fsp3) is 0.733. The van der Waals surface area contributed by atoms with Crippen LogP contribution in [0.2, 0.25) is 0 Å². The van der Waals surface area contributed by atoms with Crippen LogP contribution < -0.4 is 0 Å². The number of rotatable bonds is 1. The maximum atomic E-state index is 4.32. The minimum Gasteiger partial charge on any atom is -0.0999 e. The molecule has 2 fully saturated rings. The molecule has 0 saturated heterocycles. The third-order valence-electron chi connectivity index (χ3n) is 4.77. The van der Waals surface area contributed by atoms with Gasteiger partial charge in [0.2, 0.25) is 0 Å². The highest BCUT2D eigenvalue weighted by Gasteiger charge is 2.38. The summed E-state index contributed by atoms with van der Waals surface area (Å²) >= 11 is 0. The molecule has 2 saturated carbocycles. The fourth-order valence-electron chi connectivity index (χ4n) is 3.61. The minimum absolute atomic E-state index is 0.761. The Labute approximate surface area is 94.5 Å². The molecule has 0 N–H and O–H groups in total. The van der Waals surface area contributed by atoms with E-state index in [0.717, 1.165) is 23.7 Å². The van der Waals surface area contributed by atoms with Crippen LogP contribution in [-0.2, 0) is 0 Å². The Morgan fingerprint density at radius 3 is 2.67 bits per heavy atom. The standard InChI is InChI=1S/C15H24/c1-10(2)13-7-5-11(3)14-8-6-12(4)15(14)9-13/h12-15H,1,3,5-9H2,2,4H3/t12-,13+,14+,15+/m1/s1. The summed E-state index contributed by atoms with van der Waals surface area (Å²) < 4.78 is 0. The van der Waals surface area contributed by atoms with Crippen LogP contribution in [0.3, 0.4) is 0 Å². The van der Waals surface area contributed by atoms with E-state index in [1.807, 2.05) is 0 Å². The van der Waals surface area contributed by atoms with Gasteiger partial charge in [-0.05, 0) is 62.7 Å². The minimum atomic E-state index is 0.761. The van der Waals surface area contributed by atoms with Crippen LogP contribution in [0, 0.1) is 23.7 Å². The molecule has 2 rings (SSSR count). The topological polar surface area (TPSA) is 0 Å². The zero-order chi connectivity index (χ0) is 11.0. The van der Waals surface area contributed by atoms with Gasteiger partial charge in [-0.3, -0.25) is 0 Å². The summed E-state index contributed by atoms with van der Waals surface area (Å²) in [5, 5.41) is 0. The van der Waals surface area contributed by atoms with E-state index in [9.17, 15) is 0 Å². The number of allylic oxidation sites excluding steroid dienone is 2. The number of hydrogen-bond donors (Lipinski definition) is 0. The number of fused-ring (bicyclic) bond motifs is 1. The molecule has 0 heteroatoms. The van der Waals surface area contributed by atoms with Gasteiger partial charge in [0.25, 0.3) is 0 Å². The summed E-state index contributed by atoms with van der Waals surface area (Å²) in [6, 6.07) is 0. The Morgan fingerprint density at radius 1 is 1.27 bits per heavy atom. The lowest BCUT2D eigenvalue weighted by atomic mass is 9.81. The normalized spacial score (nSPS) is 41.1. The maximum Gasteiger partial charge on any atom is -0.0175 e. The molecular weight excluding hydrogens is 180 g/mol. The van der Waals surface area contributed by atoms with Gasteiger partial charge in [0.15, 0.2) is 0 Å². The summed E-state index contributed by atoms with van der Waals surface area (Å²) in [5.74, 6) is 3.41. The van der Waals surface area contributed by atoms with Crippen LogP contribution in [-0.4, -0.2) is 0 Å². The molecule has 0 bridgehead atoms. The Hall–Kier alpha value is -0.520. The van der Waals surface area contributed by atoms with E-state index in [-0.39, 0.29) is 0 Å².